The summed E-state index contributed by atoms with van der Waals surface area (Å²) in [6.07, 6.45) is 5.30. The van der Waals surface area contributed by atoms with E-state index in [0.717, 1.165) is 11.8 Å². The molecule has 1 aliphatic carbocycles. The lowest BCUT2D eigenvalue weighted by Gasteiger charge is -2.17. The van der Waals surface area contributed by atoms with Gasteiger partial charge in [0.05, 0.1) is 0 Å². The van der Waals surface area contributed by atoms with Crippen LogP contribution >= 0.6 is 25.3 Å². The first kappa shape index (κ1) is 10.8. The molecule has 72 valence electrons. The highest BCUT2D eigenvalue weighted by Gasteiger charge is 2.30. The summed E-state index contributed by atoms with van der Waals surface area (Å²) in [5.41, 5.74) is 0. The fourth-order valence-electron chi connectivity index (χ4n) is 2.17. The van der Waals surface area contributed by atoms with Gasteiger partial charge in [0, 0.05) is 10.5 Å². The SMILES string of the molecule is CCC(S)C1CCC(C(C)S)C1. The number of rotatable bonds is 3. The number of hydrogen-bond acceptors (Lipinski definition) is 2. The lowest BCUT2D eigenvalue weighted by molar-refractivity contribution is 0.471. The van der Waals surface area contributed by atoms with Crippen molar-refractivity contribution >= 4 is 25.3 Å². The topological polar surface area (TPSA) is 0 Å². The molecular formula is C10H20S2. The molecule has 0 radical (unpaired) electrons. The van der Waals surface area contributed by atoms with Crippen LogP contribution in [0.25, 0.3) is 0 Å². The molecule has 12 heavy (non-hydrogen) atoms. The summed E-state index contributed by atoms with van der Waals surface area (Å²) in [4.78, 5) is 0. The first-order valence-electron chi connectivity index (χ1n) is 5.01. The first-order valence-corrected chi connectivity index (χ1v) is 6.04. The molecule has 4 atom stereocenters. The Morgan fingerprint density at radius 1 is 1.25 bits per heavy atom. The quantitative estimate of drug-likeness (QED) is 0.647. The van der Waals surface area contributed by atoms with E-state index in [0.29, 0.717) is 10.5 Å². The Labute approximate surface area is 87.3 Å². The number of hydrogen-bond donors (Lipinski definition) is 2. The minimum absolute atomic E-state index is 0.576. The Kier molecular flexibility index (Phi) is 4.31. The van der Waals surface area contributed by atoms with Crippen molar-refractivity contribution in [1.29, 1.82) is 0 Å². The summed E-state index contributed by atoms with van der Waals surface area (Å²) in [5, 5.41) is 1.20. The van der Waals surface area contributed by atoms with Crippen molar-refractivity contribution in [2.24, 2.45) is 11.8 Å². The molecule has 0 aromatic carbocycles. The molecule has 1 rings (SSSR count). The van der Waals surface area contributed by atoms with Crippen molar-refractivity contribution in [1.82, 2.24) is 0 Å². The van der Waals surface area contributed by atoms with E-state index in [1.54, 1.807) is 0 Å². The van der Waals surface area contributed by atoms with Gasteiger partial charge in [-0.25, -0.2) is 0 Å². The lowest BCUT2D eigenvalue weighted by atomic mass is 9.98. The van der Waals surface area contributed by atoms with Gasteiger partial charge < -0.3 is 0 Å². The molecule has 0 amide bonds. The van der Waals surface area contributed by atoms with E-state index in [-0.39, 0.29) is 0 Å². The highest BCUT2D eigenvalue weighted by Crippen LogP contribution is 2.38. The van der Waals surface area contributed by atoms with E-state index in [2.05, 4.69) is 39.1 Å². The minimum Gasteiger partial charge on any atom is -0.176 e. The van der Waals surface area contributed by atoms with Gasteiger partial charge in [-0.1, -0.05) is 13.8 Å². The molecule has 0 bridgehead atoms. The average Bonchev–Trinajstić information content (AvgIpc) is 2.51. The van der Waals surface area contributed by atoms with E-state index < -0.39 is 0 Å². The largest absolute Gasteiger partial charge is 0.176 e. The average molecular weight is 204 g/mol. The third kappa shape index (κ3) is 2.59. The maximum absolute atomic E-state index is 4.61. The van der Waals surface area contributed by atoms with Crippen molar-refractivity contribution in [3.63, 3.8) is 0 Å². The van der Waals surface area contributed by atoms with E-state index >= 15 is 0 Å². The van der Waals surface area contributed by atoms with Crippen LogP contribution in [0.1, 0.15) is 39.5 Å². The van der Waals surface area contributed by atoms with Gasteiger partial charge in [0.25, 0.3) is 0 Å². The van der Waals surface area contributed by atoms with Crippen LogP contribution in [-0.4, -0.2) is 10.5 Å². The van der Waals surface area contributed by atoms with Gasteiger partial charge >= 0.3 is 0 Å². The minimum atomic E-state index is 0.576. The predicted molar refractivity (Wildman–Crippen MR) is 62.3 cm³/mol. The summed E-state index contributed by atoms with van der Waals surface area (Å²) in [7, 11) is 0. The maximum atomic E-state index is 4.61. The fraction of sp³-hybridized carbons (Fsp3) is 1.00. The van der Waals surface area contributed by atoms with Crippen LogP contribution in [0.3, 0.4) is 0 Å². The van der Waals surface area contributed by atoms with Gasteiger partial charge in [0.1, 0.15) is 0 Å². The van der Waals surface area contributed by atoms with Crippen LogP contribution in [-0.2, 0) is 0 Å². The maximum Gasteiger partial charge on any atom is 0.00425 e. The van der Waals surface area contributed by atoms with Crippen molar-refractivity contribution in [3.8, 4) is 0 Å². The highest BCUT2D eigenvalue weighted by atomic mass is 32.1. The monoisotopic (exact) mass is 204 g/mol. The van der Waals surface area contributed by atoms with Crippen molar-refractivity contribution in [2.75, 3.05) is 0 Å². The molecule has 1 saturated carbocycles. The fourth-order valence-corrected chi connectivity index (χ4v) is 2.72. The summed E-state index contributed by atoms with van der Waals surface area (Å²) < 4.78 is 0. The molecule has 0 aromatic rings. The van der Waals surface area contributed by atoms with Gasteiger partial charge in [-0.15, -0.1) is 0 Å². The van der Waals surface area contributed by atoms with Crippen LogP contribution in [0.4, 0.5) is 0 Å². The molecular weight excluding hydrogens is 184 g/mol. The molecule has 0 spiro atoms. The van der Waals surface area contributed by atoms with Crippen LogP contribution in [0.5, 0.6) is 0 Å². The van der Waals surface area contributed by atoms with E-state index in [9.17, 15) is 0 Å². The lowest BCUT2D eigenvalue weighted by Crippen LogP contribution is -2.13. The molecule has 0 N–H and O–H groups in total. The third-order valence-electron chi connectivity index (χ3n) is 3.16. The highest BCUT2D eigenvalue weighted by molar-refractivity contribution is 7.81. The second kappa shape index (κ2) is 4.80. The zero-order valence-corrected chi connectivity index (χ0v) is 9.82. The normalized spacial score (nSPS) is 35.0. The van der Waals surface area contributed by atoms with E-state index in [1.807, 2.05) is 0 Å². The molecule has 1 aliphatic rings. The summed E-state index contributed by atoms with van der Waals surface area (Å²) in [5.74, 6) is 1.71. The zero-order chi connectivity index (χ0) is 9.14. The Balaban J connectivity index is 2.35. The summed E-state index contributed by atoms with van der Waals surface area (Å²) in [6.45, 7) is 4.45. The van der Waals surface area contributed by atoms with Gasteiger partial charge in [-0.3, -0.25) is 0 Å². The van der Waals surface area contributed by atoms with Gasteiger partial charge in [0.2, 0.25) is 0 Å². The van der Waals surface area contributed by atoms with Crippen LogP contribution in [0.15, 0.2) is 0 Å². The van der Waals surface area contributed by atoms with Gasteiger partial charge in [-0.2, -0.15) is 25.3 Å². The molecule has 0 aliphatic heterocycles. The molecule has 1 fully saturated rings. The van der Waals surface area contributed by atoms with E-state index in [4.69, 9.17) is 0 Å². The zero-order valence-electron chi connectivity index (χ0n) is 8.03. The van der Waals surface area contributed by atoms with Crippen molar-refractivity contribution in [2.45, 2.75) is 50.0 Å². The second-order valence-electron chi connectivity index (χ2n) is 4.05. The second-order valence-corrected chi connectivity index (χ2v) is 5.53. The van der Waals surface area contributed by atoms with E-state index in [1.165, 1.54) is 25.7 Å². The Morgan fingerprint density at radius 3 is 2.25 bits per heavy atom. The third-order valence-corrected chi connectivity index (χ3v) is 4.37. The first-order chi connectivity index (χ1) is 5.65. The standard InChI is InChI=1S/C10H20S2/c1-3-10(12)9-5-4-8(6-9)7(2)11/h7-12H,3-6H2,1-2H3. The Morgan fingerprint density at radius 2 is 1.83 bits per heavy atom. The van der Waals surface area contributed by atoms with Gasteiger partial charge in [-0.05, 0) is 37.5 Å². The summed E-state index contributed by atoms with van der Waals surface area (Å²) >= 11 is 9.12. The van der Waals surface area contributed by atoms with Crippen LogP contribution < -0.4 is 0 Å². The Hall–Kier alpha value is 0.700. The van der Waals surface area contributed by atoms with Crippen molar-refractivity contribution < 1.29 is 0 Å². The number of thiol groups is 2. The van der Waals surface area contributed by atoms with Crippen LogP contribution in [0, 0.1) is 11.8 Å². The molecule has 0 aromatic heterocycles. The predicted octanol–water partition coefficient (Wildman–Crippen LogP) is 3.43. The van der Waals surface area contributed by atoms with Gasteiger partial charge in [0.15, 0.2) is 0 Å². The molecule has 4 unspecified atom stereocenters. The molecule has 0 heterocycles. The molecule has 0 nitrogen and oxygen atoms in total. The molecule has 2 heteroatoms. The Bertz CT molecular complexity index is 134. The van der Waals surface area contributed by atoms with Crippen LogP contribution in [0.2, 0.25) is 0 Å². The summed E-state index contributed by atoms with van der Waals surface area (Å²) in [6, 6.07) is 0. The smallest absolute Gasteiger partial charge is 0.00425 e. The van der Waals surface area contributed by atoms with Crippen molar-refractivity contribution in [3.05, 3.63) is 0 Å². The molecule has 0 saturated heterocycles.